The number of carbonyl (C=O) groups is 1. The van der Waals surface area contributed by atoms with E-state index in [2.05, 4.69) is 13.8 Å². The summed E-state index contributed by atoms with van der Waals surface area (Å²) in [6.07, 6.45) is 8.28. The highest BCUT2D eigenvalue weighted by Gasteiger charge is 2.28. The number of nitrogens with zero attached hydrogens (tertiary/aromatic N) is 1. The van der Waals surface area contributed by atoms with Crippen molar-refractivity contribution in [3.63, 3.8) is 0 Å². The number of unbranched alkanes of at least 4 members (excludes halogenated alkanes) is 5. The molecule has 0 aromatic rings. The molecule has 0 aromatic carbocycles. The monoisotopic (exact) mass is 240 g/mol. The van der Waals surface area contributed by atoms with Gasteiger partial charge in [-0.3, -0.25) is 4.79 Å². The number of likely N-dealkylation sites (tertiary alicyclic amines) is 1. The van der Waals surface area contributed by atoms with Gasteiger partial charge in [-0.05, 0) is 12.3 Å². The van der Waals surface area contributed by atoms with E-state index in [4.69, 9.17) is 5.73 Å². The van der Waals surface area contributed by atoms with Crippen molar-refractivity contribution in [2.24, 2.45) is 11.7 Å². The minimum atomic E-state index is 0.174. The van der Waals surface area contributed by atoms with Crippen LogP contribution in [0.15, 0.2) is 0 Å². The number of hydrogen-bond donors (Lipinski definition) is 1. The fraction of sp³-hybridized carbons (Fsp3) is 0.929. The van der Waals surface area contributed by atoms with Crippen LogP contribution in [0.2, 0.25) is 0 Å². The van der Waals surface area contributed by atoms with E-state index < -0.39 is 0 Å². The lowest BCUT2D eigenvalue weighted by Crippen LogP contribution is -2.50. The molecule has 0 aliphatic carbocycles. The maximum absolute atomic E-state index is 11.8. The largest absolute Gasteiger partial charge is 0.341 e. The van der Waals surface area contributed by atoms with Gasteiger partial charge in [0.25, 0.3) is 0 Å². The van der Waals surface area contributed by atoms with Gasteiger partial charge < -0.3 is 10.6 Å². The third-order valence-electron chi connectivity index (χ3n) is 3.79. The Hall–Kier alpha value is -0.570. The second-order valence-electron chi connectivity index (χ2n) is 5.45. The Balaban J connectivity index is 2.12. The third-order valence-corrected chi connectivity index (χ3v) is 3.79. The number of amides is 1. The first kappa shape index (κ1) is 14.5. The Kier molecular flexibility index (Phi) is 6.56. The van der Waals surface area contributed by atoms with Gasteiger partial charge >= 0.3 is 0 Å². The fourth-order valence-corrected chi connectivity index (χ4v) is 2.39. The van der Waals surface area contributed by atoms with Crippen LogP contribution in [0.3, 0.4) is 0 Å². The van der Waals surface area contributed by atoms with E-state index in [1.54, 1.807) is 0 Å². The molecule has 1 aliphatic rings. The molecule has 3 heteroatoms. The van der Waals surface area contributed by atoms with Gasteiger partial charge in [0.05, 0.1) is 0 Å². The van der Waals surface area contributed by atoms with E-state index in [1.165, 1.54) is 32.1 Å². The molecule has 1 aliphatic heterocycles. The molecule has 2 N–H and O–H groups in total. The Labute approximate surface area is 106 Å². The molecule has 2 atom stereocenters. The minimum absolute atomic E-state index is 0.174. The Morgan fingerprint density at radius 2 is 1.88 bits per heavy atom. The van der Waals surface area contributed by atoms with E-state index in [0.717, 1.165) is 19.5 Å². The minimum Gasteiger partial charge on any atom is -0.341 e. The molecule has 1 heterocycles. The molecule has 1 amide bonds. The molecular weight excluding hydrogens is 212 g/mol. The maximum Gasteiger partial charge on any atom is 0.222 e. The number of nitrogens with two attached hydrogens (primary N) is 1. The first-order valence-corrected chi connectivity index (χ1v) is 7.18. The van der Waals surface area contributed by atoms with Crippen molar-refractivity contribution in [3.8, 4) is 0 Å². The van der Waals surface area contributed by atoms with E-state index in [-0.39, 0.29) is 6.04 Å². The molecule has 0 radical (unpaired) electrons. The lowest BCUT2D eigenvalue weighted by Gasteiger charge is -2.34. The topological polar surface area (TPSA) is 46.3 Å². The summed E-state index contributed by atoms with van der Waals surface area (Å²) < 4.78 is 0. The van der Waals surface area contributed by atoms with Crippen LogP contribution in [-0.4, -0.2) is 29.9 Å². The van der Waals surface area contributed by atoms with Gasteiger partial charge in [0, 0.05) is 25.6 Å². The van der Waals surface area contributed by atoms with Gasteiger partial charge in [0.15, 0.2) is 0 Å². The second kappa shape index (κ2) is 7.70. The van der Waals surface area contributed by atoms with Gasteiger partial charge in [-0.25, -0.2) is 0 Å². The molecule has 17 heavy (non-hydrogen) atoms. The summed E-state index contributed by atoms with van der Waals surface area (Å²) in [7, 11) is 0. The van der Waals surface area contributed by atoms with E-state index in [0.29, 0.717) is 18.2 Å². The first-order valence-electron chi connectivity index (χ1n) is 7.18. The van der Waals surface area contributed by atoms with E-state index >= 15 is 0 Å². The van der Waals surface area contributed by atoms with Crippen LogP contribution in [0, 0.1) is 5.92 Å². The van der Waals surface area contributed by atoms with Crippen molar-refractivity contribution in [2.45, 2.75) is 64.8 Å². The van der Waals surface area contributed by atoms with E-state index in [1.807, 2.05) is 4.90 Å². The summed E-state index contributed by atoms with van der Waals surface area (Å²) in [5, 5.41) is 0. The van der Waals surface area contributed by atoms with Gasteiger partial charge in [-0.1, -0.05) is 46.0 Å². The number of carbonyl (C=O) groups excluding carboxylic acids is 1. The van der Waals surface area contributed by atoms with Crippen LogP contribution < -0.4 is 5.73 Å². The average Bonchev–Trinajstić information content (AvgIpc) is 2.30. The standard InChI is InChI=1S/C14H28N2O/c1-3-4-5-6-7-8-9-16-11-13(15)12(2)10-14(16)17/h12-13H,3-11,15H2,1-2H3. The number of piperidine rings is 1. The van der Waals surface area contributed by atoms with E-state index in [9.17, 15) is 4.79 Å². The Bertz CT molecular complexity index is 230. The third kappa shape index (κ3) is 5.07. The van der Waals surface area contributed by atoms with Crippen molar-refractivity contribution in [3.05, 3.63) is 0 Å². The SMILES string of the molecule is CCCCCCCCN1CC(N)C(C)CC1=O. The van der Waals surface area contributed by atoms with Gasteiger partial charge in [0.2, 0.25) is 5.91 Å². The average molecular weight is 240 g/mol. The quantitative estimate of drug-likeness (QED) is 0.695. The normalized spacial score (nSPS) is 25.4. The molecular formula is C14H28N2O. The van der Waals surface area contributed by atoms with Gasteiger partial charge in [0.1, 0.15) is 0 Å². The molecule has 1 saturated heterocycles. The predicted molar refractivity (Wildman–Crippen MR) is 71.7 cm³/mol. The molecule has 0 aromatic heterocycles. The molecule has 1 rings (SSSR count). The van der Waals surface area contributed by atoms with Crippen molar-refractivity contribution in [1.82, 2.24) is 4.90 Å². The highest BCUT2D eigenvalue weighted by atomic mass is 16.2. The van der Waals surface area contributed by atoms with Crippen LogP contribution in [0.25, 0.3) is 0 Å². The maximum atomic E-state index is 11.8. The molecule has 0 saturated carbocycles. The van der Waals surface area contributed by atoms with Crippen molar-refractivity contribution >= 4 is 5.91 Å². The fourth-order valence-electron chi connectivity index (χ4n) is 2.39. The smallest absolute Gasteiger partial charge is 0.222 e. The van der Waals surface area contributed by atoms with Gasteiger partial charge in [-0.15, -0.1) is 0 Å². The Morgan fingerprint density at radius 1 is 1.24 bits per heavy atom. The molecule has 2 unspecified atom stereocenters. The first-order chi connectivity index (χ1) is 8.15. The zero-order valence-corrected chi connectivity index (χ0v) is 11.5. The van der Waals surface area contributed by atoms with Gasteiger partial charge in [-0.2, -0.15) is 0 Å². The van der Waals surface area contributed by atoms with Crippen LogP contribution in [0.4, 0.5) is 0 Å². The van der Waals surface area contributed by atoms with Crippen molar-refractivity contribution in [1.29, 1.82) is 0 Å². The van der Waals surface area contributed by atoms with Crippen LogP contribution >= 0.6 is 0 Å². The zero-order valence-electron chi connectivity index (χ0n) is 11.5. The summed E-state index contributed by atoms with van der Waals surface area (Å²) in [5.74, 6) is 0.649. The molecule has 0 bridgehead atoms. The predicted octanol–water partition coefficient (Wildman–Crippen LogP) is 2.54. The molecule has 3 nitrogen and oxygen atoms in total. The lowest BCUT2D eigenvalue weighted by atomic mass is 9.93. The highest BCUT2D eigenvalue weighted by Crippen LogP contribution is 2.17. The number of rotatable bonds is 7. The Morgan fingerprint density at radius 3 is 2.59 bits per heavy atom. The summed E-state index contributed by atoms with van der Waals surface area (Å²) in [6, 6.07) is 0.174. The second-order valence-corrected chi connectivity index (χ2v) is 5.45. The van der Waals surface area contributed by atoms with Crippen LogP contribution in [0.1, 0.15) is 58.8 Å². The summed E-state index contributed by atoms with van der Waals surface area (Å²) in [6.45, 7) is 5.97. The zero-order chi connectivity index (χ0) is 12.7. The molecule has 1 fully saturated rings. The van der Waals surface area contributed by atoms with Crippen molar-refractivity contribution in [2.75, 3.05) is 13.1 Å². The highest BCUT2D eigenvalue weighted by molar-refractivity contribution is 5.77. The summed E-state index contributed by atoms with van der Waals surface area (Å²) >= 11 is 0. The van der Waals surface area contributed by atoms with Crippen LogP contribution in [-0.2, 0) is 4.79 Å². The molecule has 0 spiro atoms. The summed E-state index contributed by atoms with van der Waals surface area (Å²) in [5.41, 5.74) is 6.01. The summed E-state index contributed by atoms with van der Waals surface area (Å²) in [4.78, 5) is 13.7. The van der Waals surface area contributed by atoms with Crippen molar-refractivity contribution < 1.29 is 4.79 Å². The van der Waals surface area contributed by atoms with Crippen LogP contribution in [0.5, 0.6) is 0 Å². The molecule has 100 valence electrons. The lowest BCUT2D eigenvalue weighted by molar-refractivity contribution is -0.135. The number of hydrogen-bond acceptors (Lipinski definition) is 2.